The standard InChI is InChI=1S/C14H27FN2O2/c1-14(2,3)19-13(18)17-7-5-11(6-8-17)9-12(15)10-16-4/h11-12,16H,5-10H2,1-4H3. The molecule has 1 atom stereocenters. The highest BCUT2D eigenvalue weighted by Gasteiger charge is 2.27. The number of nitrogens with zero attached hydrogens (tertiary/aromatic N) is 1. The maximum atomic E-state index is 13.5. The van der Waals surface area contributed by atoms with E-state index >= 15 is 0 Å². The fourth-order valence-corrected chi connectivity index (χ4v) is 2.34. The molecule has 1 rings (SSSR count). The van der Waals surface area contributed by atoms with E-state index in [-0.39, 0.29) is 6.09 Å². The quantitative estimate of drug-likeness (QED) is 0.856. The Labute approximate surface area is 115 Å². The largest absolute Gasteiger partial charge is 0.444 e. The Morgan fingerprint density at radius 3 is 2.47 bits per heavy atom. The van der Waals surface area contributed by atoms with Gasteiger partial charge in [0.2, 0.25) is 0 Å². The second kappa shape index (κ2) is 7.08. The summed E-state index contributed by atoms with van der Waals surface area (Å²) < 4.78 is 18.8. The van der Waals surface area contributed by atoms with Crippen LogP contribution in [0.5, 0.6) is 0 Å². The third-order valence-corrected chi connectivity index (χ3v) is 3.28. The first-order valence-corrected chi connectivity index (χ1v) is 7.08. The molecule has 0 saturated carbocycles. The SMILES string of the molecule is CNCC(F)CC1CCN(C(=O)OC(C)(C)C)CC1. The number of halogens is 1. The second-order valence-corrected chi connectivity index (χ2v) is 6.30. The zero-order valence-electron chi connectivity index (χ0n) is 12.5. The van der Waals surface area contributed by atoms with Crippen LogP contribution in [0.1, 0.15) is 40.0 Å². The lowest BCUT2D eigenvalue weighted by Crippen LogP contribution is -2.42. The molecule has 0 aliphatic carbocycles. The Hall–Kier alpha value is -0.840. The van der Waals surface area contributed by atoms with Crippen molar-refractivity contribution in [2.24, 2.45) is 5.92 Å². The summed E-state index contributed by atoms with van der Waals surface area (Å²) in [5.41, 5.74) is -0.454. The molecule has 0 aromatic carbocycles. The van der Waals surface area contributed by atoms with E-state index in [9.17, 15) is 9.18 Å². The predicted octanol–water partition coefficient (Wildman–Crippen LogP) is 2.58. The van der Waals surface area contributed by atoms with Crippen LogP contribution in [-0.4, -0.2) is 49.4 Å². The molecule has 5 heteroatoms. The van der Waals surface area contributed by atoms with Crippen LogP contribution >= 0.6 is 0 Å². The fourth-order valence-electron chi connectivity index (χ4n) is 2.34. The van der Waals surface area contributed by atoms with Gasteiger partial charge < -0.3 is 15.0 Å². The van der Waals surface area contributed by atoms with Crippen LogP contribution in [-0.2, 0) is 4.74 Å². The zero-order valence-corrected chi connectivity index (χ0v) is 12.5. The van der Waals surface area contributed by atoms with Gasteiger partial charge in [-0.3, -0.25) is 0 Å². The third-order valence-electron chi connectivity index (χ3n) is 3.28. The lowest BCUT2D eigenvalue weighted by molar-refractivity contribution is 0.0173. The summed E-state index contributed by atoms with van der Waals surface area (Å²) >= 11 is 0. The van der Waals surface area contributed by atoms with E-state index in [2.05, 4.69) is 5.32 Å². The van der Waals surface area contributed by atoms with Gasteiger partial charge >= 0.3 is 6.09 Å². The van der Waals surface area contributed by atoms with E-state index in [4.69, 9.17) is 4.74 Å². The minimum absolute atomic E-state index is 0.252. The smallest absolute Gasteiger partial charge is 0.410 e. The second-order valence-electron chi connectivity index (χ2n) is 6.30. The number of amides is 1. The van der Waals surface area contributed by atoms with E-state index in [0.29, 0.717) is 32.0 Å². The van der Waals surface area contributed by atoms with Crippen LogP contribution in [0.3, 0.4) is 0 Å². The fraction of sp³-hybridized carbons (Fsp3) is 0.929. The lowest BCUT2D eigenvalue weighted by atomic mass is 9.91. The number of hydrogen-bond acceptors (Lipinski definition) is 3. The molecule has 1 saturated heterocycles. The maximum Gasteiger partial charge on any atom is 0.410 e. The average molecular weight is 274 g/mol. The molecule has 0 radical (unpaired) electrons. The van der Waals surface area contributed by atoms with Crippen LogP contribution in [0.25, 0.3) is 0 Å². The number of likely N-dealkylation sites (tertiary alicyclic amines) is 1. The highest BCUT2D eigenvalue weighted by Crippen LogP contribution is 2.24. The van der Waals surface area contributed by atoms with Gasteiger partial charge in [-0.2, -0.15) is 0 Å². The van der Waals surface area contributed by atoms with Crippen molar-refractivity contribution in [3.63, 3.8) is 0 Å². The molecule has 1 aliphatic rings. The number of nitrogens with one attached hydrogen (secondary N) is 1. The van der Waals surface area contributed by atoms with Gasteiger partial charge in [0.25, 0.3) is 0 Å². The summed E-state index contributed by atoms with van der Waals surface area (Å²) in [6, 6.07) is 0. The van der Waals surface area contributed by atoms with Crippen LogP contribution in [0.15, 0.2) is 0 Å². The molecule has 4 nitrogen and oxygen atoms in total. The lowest BCUT2D eigenvalue weighted by Gasteiger charge is -2.33. The van der Waals surface area contributed by atoms with E-state index in [1.807, 2.05) is 20.8 Å². The molecule has 1 unspecified atom stereocenters. The molecule has 112 valence electrons. The number of alkyl halides is 1. The van der Waals surface area contributed by atoms with Crippen molar-refractivity contribution in [1.82, 2.24) is 10.2 Å². The van der Waals surface area contributed by atoms with E-state index < -0.39 is 11.8 Å². The van der Waals surface area contributed by atoms with Gasteiger partial charge in [0.1, 0.15) is 11.8 Å². The van der Waals surface area contributed by atoms with Gasteiger partial charge in [-0.15, -0.1) is 0 Å². The van der Waals surface area contributed by atoms with Crippen molar-refractivity contribution >= 4 is 6.09 Å². The predicted molar refractivity (Wildman–Crippen MR) is 74.0 cm³/mol. The van der Waals surface area contributed by atoms with Crippen LogP contribution in [0, 0.1) is 5.92 Å². The van der Waals surface area contributed by atoms with Crippen molar-refractivity contribution in [2.75, 3.05) is 26.7 Å². The number of carbonyl (C=O) groups excluding carboxylic acids is 1. The highest BCUT2D eigenvalue weighted by molar-refractivity contribution is 5.68. The van der Waals surface area contributed by atoms with Crippen molar-refractivity contribution in [3.05, 3.63) is 0 Å². The van der Waals surface area contributed by atoms with Gasteiger partial charge in [-0.1, -0.05) is 0 Å². The molecule has 1 N–H and O–H groups in total. The van der Waals surface area contributed by atoms with Crippen molar-refractivity contribution in [2.45, 2.75) is 51.8 Å². The summed E-state index contributed by atoms with van der Waals surface area (Å²) in [7, 11) is 1.76. The van der Waals surface area contributed by atoms with Gasteiger partial charge in [0, 0.05) is 19.6 Å². The number of ether oxygens (including phenoxy) is 1. The van der Waals surface area contributed by atoms with E-state index in [0.717, 1.165) is 12.8 Å². The summed E-state index contributed by atoms with van der Waals surface area (Å²) in [5, 5.41) is 2.85. The van der Waals surface area contributed by atoms with Crippen molar-refractivity contribution in [3.8, 4) is 0 Å². The molecule has 1 aliphatic heterocycles. The Bertz CT molecular complexity index is 284. The average Bonchev–Trinajstić information content (AvgIpc) is 2.27. The first kappa shape index (κ1) is 16.2. The minimum Gasteiger partial charge on any atom is -0.444 e. The molecular formula is C14H27FN2O2. The molecule has 1 amide bonds. The molecule has 1 heterocycles. The highest BCUT2D eigenvalue weighted by atomic mass is 19.1. The topological polar surface area (TPSA) is 41.6 Å². The molecule has 0 bridgehead atoms. The Morgan fingerprint density at radius 2 is 2.00 bits per heavy atom. The minimum atomic E-state index is -0.789. The molecule has 0 aromatic rings. The first-order valence-electron chi connectivity index (χ1n) is 7.08. The first-order chi connectivity index (χ1) is 8.81. The zero-order chi connectivity index (χ0) is 14.5. The number of rotatable bonds is 4. The van der Waals surface area contributed by atoms with Crippen LogP contribution in [0.2, 0.25) is 0 Å². The molecule has 0 aromatic heterocycles. The maximum absolute atomic E-state index is 13.5. The monoisotopic (exact) mass is 274 g/mol. The molecular weight excluding hydrogens is 247 g/mol. The van der Waals surface area contributed by atoms with Crippen LogP contribution < -0.4 is 5.32 Å². The summed E-state index contributed by atoms with van der Waals surface area (Å²) in [6.45, 7) is 7.35. The van der Waals surface area contributed by atoms with Crippen molar-refractivity contribution in [1.29, 1.82) is 0 Å². The van der Waals surface area contributed by atoms with E-state index in [1.54, 1.807) is 11.9 Å². The van der Waals surface area contributed by atoms with Gasteiger partial charge in [-0.25, -0.2) is 9.18 Å². The van der Waals surface area contributed by atoms with Gasteiger partial charge in [-0.05, 0) is 53.0 Å². The Kier molecular flexibility index (Phi) is 6.04. The summed E-state index contributed by atoms with van der Waals surface area (Å²) in [4.78, 5) is 13.6. The third kappa shape index (κ3) is 6.23. The number of carbonyl (C=O) groups is 1. The van der Waals surface area contributed by atoms with Gasteiger partial charge in [0.05, 0.1) is 0 Å². The van der Waals surface area contributed by atoms with Crippen molar-refractivity contribution < 1.29 is 13.9 Å². The Morgan fingerprint density at radius 1 is 1.42 bits per heavy atom. The molecule has 19 heavy (non-hydrogen) atoms. The Balaban J connectivity index is 2.30. The molecule has 0 spiro atoms. The number of piperidine rings is 1. The summed E-state index contributed by atoms with van der Waals surface area (Å²) in [6.07, 6.45) is 1.27. The number of hydrogen-bond donors (Lipinski definition) is 1. The van der Waals surface area contributed by atoms with E-state index in [1.165, 1.54) is 0 Å². The van der Waals surface area contributed by atoms with Crippen LogP contribution in [0.4, 0.5) is 9.18 Å². The van der Waals surface area contributed by atoms with Gasteiger partial charge in [0.15, 0.2) is 0 Å². The normalized spacial score (nSPS) is 19.3. The summed E-state index contributed by atoms with van der Waals surface area (Å²) in [5.74, 6) is 0.377. The molecule has 1 fully saturated rings.